The van der Waals surface area contributed by atoms with Gasteiger partial charge in [-0.05, 0) is 0 Å². The monoisotopic (exact) mass is 136 g/mol. The van der Waals surface area contributed by atoms with Crippen LogP contribution >= 0.6 is 0 Å². The van der Waals surface area contributed by atoms with Crippen molar-refractivity contribution in [2.24, 2.45) is 4.99 Å². The summed E-state index contributed by atoms with van der Waals surface area (Å²) in [5.74, 6) is 0.970. The van der Waals surface area contributed by atoms with Crippen molar-refractivity contribution in [3.63, 3.8) is 0 Å². The molecule has 0 atom stereocenters. The number of nitrogens with one attached hydrogen (secondary N) is 1. The second kappa shape index (κ2) is 2.82. The van der Waals surface area contributed by atoms with Gasteiger partial charge in [0.1, 0.15) is 5.82 Å². The van der Waals surface area contributed by atoms with Crippen LogP contribution in [-0.2, 0) is 0 Å². The summed E-state index contributed by atoms with van der Waals surface area (Å²) in [6.45, 7) is 3.46. The summed E-state index contributed by atoms with van der Waals surface area (Å²) < 4.78 is 0. The molecule has 0 unspecified atom stereocenters. The molecule has 0 spiro atoms. The Labute approximate surface area is 58.5 Å². The molecule has 0 radical (unpaired) electrons. The smallest absolute Gasteiger partial charge is 0.194 e. The zero-order valence-electron chi connectivity index (χ0n) is 5.41. The molecule has 1 heterocycles. The summed E-state index contributed by atoms with van der Waals surface area (Å²) in [6, 6.07) is 0. The van der Waals surface area contributed by atoms with Crippen molar-refractivity contribution in [1.29, 1.82) is 0 Å². The summed E-state index contributed by atoms with van der Waals surface area (Å²) in [4.78, 5) is 10.4. The summed E-state index contributed by atoms with van der Waals surface area (Å²) in [7, 11) is 0. The first-order chi connectivity index (χ1) is 4.84. The van der Waals surface area contributed by atoms with Gasteiger partial charge >= 0.3 is 0 Å². The molecular formula is C6H8N4. The lowest BCUT2D eigenvalue weighted by Crippen LogP contribution is -1.82. The lowest BCUT2D eigenvalue weighted by atomic mass is 10.6. The lowest BCUT2D eigenvalue weighted by molar-refractivity contribution is 1.30. The quantitative estimate of drug-likeness (QED) is 0.592. The van der Waals surface area contributed by atoms with Crippen molar-refractivity contribution in [3.05, 3.63) is 19.0 Å². The highest BCUT2D eigenvalue weighted by atomic mass is 15.0. The molecule has 0 aliphatic carbocycles. The molecule has 4 nitrogen and oxygen atoms in total. The molecule has 0 saturated heterocycles. The van der Waals surface area contributed by atoms with Crippen LogP contribution in [0.3, 0.4) is 0 Å². The number of aromatic amines is 1. The zero-order valence-corrected chi connectivity index (χ0v) is 5.41. The number of aliphatic imine (C=N–C) groups is 1. The maximum atomic E-state index is 5.42. The fourth-order valence-electron chi connectivity index (χ4n) is 0.523. The zero-order chi connectivity index (χ0) is 7.40. The first-order valence-corrected chi connectivity index (χ1v) is 2.78. The van der Waals surface area contributed by atoms with E-state index >= 15 is 0 Å². The Kier molecular flexibility index (Phi) is 1.84. The van der Waals surface area contributed by atoms with E-state index in [1.54, 1.807) is 6.08 Å². The van der Waals surface area contributed by atoms with Gasteiger partial charge in [-0.3, -0.25) is 0 Å². The molecule has 0 amide bonds. The van der Waals surface area contributed by atoms with Crippen molar-refractivity contribution >= 4 is 17.9 Å². The Morgan fingerprint density at radius 2 is 2.60 bits per heavy atom. The van der Waals surface area contributed by atoms with Gasteiger partial charge in [-0.25, -0.2) is 9.98 Å². The van der Waals surface area contributed by atoms with Gasteiger partial charge < -0.3 is 10.7 Å². The first-order valence-electron chi connectivity index (χ1n) is 2.78. The molecule has 0 aliphatic heterocycles. The fraction of sp³-hybridized carbons (Fsp3) is 0. The molecule has 52 valence electrons. The predicted molar refractivity (Wildman–Crippen MR) is 41.3 cm³/mol. The van der Waals surface area contributed by atoms with Crippen LogP contribution in [0.2, 0.25) is 0 Å². The number of aromatic nitrogens is 2. The molecule has 0 bridgehead atoms. The number of imidazole rings is 1. The molecule has 1 aromatic heterocycles. The van der Waals surface area contributed by atoms with Crippen molar-refractivity contribution in [2.45, 2.75) is 0 Å². The van der Waals surface area contributed by atoms with Crippen LogP contribution in [0, 0.1) is 0 Å². The minimum atomic E-state index is 0.470. The van der Waals surface area contributed by atoms with Gasteiger partial charge in [0.25, 0.3) is 0 Å². The molecular weight excluding hydrogens is 128 g/mol. The summed E-state index contributed by atoms with van der Waals surface area (Å²) >= 11 is 0. The second-order valence-electron chi connectivity index (χ2n) is 1.65. The van der Waals surface area contributed by atoms with E-state index in [1.165, 1.54) is 12.5 Å². The Morgan fingerprint density at radius 3 is 3.10 bits per heavy atom. The molecule has 4 heteroatoms. The Hall–Kier alpha value is -1.58. The number of H-pyrrole nitrogens is 1. The predicted octanol–water partition coefficient (Wildman–Crippen LogP) is 0.880. The van der Waals surface area contributed by atoms with E-state index in [0.29, 0.717) is 11.6 Å². The summed E-state index contributed by atoms with van der Waals surface area (Å²) in [5.41, 5.74) is 5.42. The van der Waals surface area contributed by atoms with E-state index in [0.717, 1.165) is 0 Å². The second-order valence-corrected chi connectivity index (χ2v) is 1.65. The lowest BCUT2D eigenvalue weighted by Gasteiger charge is -1.84. The summed E-state index contributed by atoms with van der Waals surface area (Å²) in [5, 5.41) is 0. The Morgan fingerprint density at radius 1 is 1.80 bits per heavy atom. The molecule has 1 rings (SSSR count). The van der Waals surface area contributed by atoms with Crippen LogP contribution in [0.25, 0.3) is 0 Å². The SMILES string of the molecule is C=C/C=N\c1nc[nH]c1N. The highest BCUT2D eigenvalue weighted by molar-refractivity contribution is 5.74. The minimum absolute atomic E-state index is 0.470. The van der Waals surface area contributed by atoms with Crippen LogP contribution in [-0.4, -0.2) is 16.2 Å². The van der Waals surface area contributed by atoms with E-state index in [2.05, 4.69) is 21.5 Å². The highest BCUT2D eigenvalue weighted by Gasteiger charge is 1.94. The third kappa shape index (κ3) is 1.22. The van der Waals surface area contributed by atoms with Crippen molar-refractivity contribution < 1.29 is 0 Å². The molecule has 3 N–H and O–H groups in total. The highest BCUT2D eigenvalue weighted by Crippen LogP contribution is 2.13. The number of hydrogen-bond acceptors (Lipinski definition) is 3. The van der Waals surface area contributed by atoms with Crippen LogP contribution in [0.15, 0.2) is 24.0 Å². The maximum Gasteiger partial charge on any atom is 0.194 e. The number of allylic oxidation sites excluding steroid dienone is 1. The number of nitrogens with zero attached hydrogens (tertiary/aromatic N) is 2. The third-order valence-corrected chi connectivity index (χ3v) is 0.950. The van der Waals surface area contributed by atoms with Gasteiger partial charge in [0, 0.05) is 6.21 Å². The molecule has 10 heavy (non-hydrogen) atoms. The molecule has 1 aromatic rings. The van der Waals surface area contributed by atoms with E-state index in [4.69, 9.17) is 5.73 Å². The van der Waals surface area contributed by atoms with Gasteiger partial charge in [-0.2, -0.15) is 0 Å². The van der Waals surface area contributed by atoms with Gasteiger partial charge in [0.2, 0.25) is 0 Å². The third-order valence-electron chi connectivity index (χ3n) is 0.950. The van der Waals surface area contributed by atoms with Gasteiger partial charge in [0.15, 0.2) is 5.82 Å². The molecule has 0 aromatic carbocycles. The van der Waals surface area contributed by atoms with Crippen LogP contribution in [0.1, 0.15) is 0 Å². The van der Waals surface area contributed by atoms with E-state index in [1.807, 2.05) is 0 Å². The van der Waals surface area contributed by atoms with Crippen LogP contribution < -0.4 is 5.73 Å². The molecule has 0 fully saturated rings. The van der Waals surface area contributed by atoms with Gasteiger partial charge in [-0.15, -0.1) is 0 Å². The van der Waals surface area contributed by atoms with E-state index < -0.39 is 0 Å². The van der Waals surface area contributed by atoms with Crippen molar-refractivity contribution in [3.8, 4) is 0 Å². The molecule has 0 aliphatic rings. The normalized spacial score (nSPS) is 10.4. The fourth-order valence-corrected chi connectivity index (χ4v) is 0.523. The van der Waals surface area contributed by atoms with Crippen LogP contribution in [0.4, 0.5) is 11.6 Å². The summed E-state index contributed by atoms with van der Waals surface area (Å²) in [6.07, 6.45) is 4.59. The molecule has 0 saturated carbocycles. The van der Waals surface area contributed by atoms with Gasteiger partial charge in [-0.1, -0.05) is 12.7 Å². The maximum absolute atomic E-state index is 5.42. The number of anilines is 1. The van der Waals surface area contributed by atoms with E-state index in [9.17, 15) is 0 Å². The number of hydrogen-bond donors (Lipinski definition) is 2. The average Bonchev–Trinajstić information content (AvgIpc) is 2.31. The van der Waals surface area contributed by atoms with Crippen molar-refractivity contribution in [1.82, 2.24) is 9.97 Å². The number of rotatable bonds is 2. The average molecular weight is 136 g/mol. The van der Waals surface area contributed by atoms with Crippen molar-refractivity contribution in [2.75, 3.05) is 5.73 Å². The number of nitrogen functional groups attached to an aromatic ring is 1. The Bertz CT molecular complexity index is 248. The number of nitrogens with two attached hydrogens (primary N) is 1. The minimum Gasteiger partial charge on any atom is -0.382 e. The van der Waals surface area contributed by atoms with E-state index in [-0.39, 0.29) is 0 Å². The van der Waals surface area contributed by atoms with Gasteiger partial charge in [0.05, 0.1) is 6.33 Å². The standard InChI is InChI=1S/C6H8N4/c1-2-3-8-6-5(7)9-4-10-6/h2-4H,1,7H2,(H,9,10)/b8-3-. The Balaban J connectivity index is 2.83. The largest absolute Gasteiger partial charge is 0.382 e. The first kappa shape index (κ1) is 6.54. The topological polar surface area (TPSA) is 67.1 Å². The van der Waals surface area contributed by atoms with Crippen LogP contribution in [0.5, 0.6) is 0 Å².